The zero-order valence-electron chi connectivity index (χ0n) is 19.6. The minimum atomic E-state index is 0.163. The van der Waals surface area contributed by atoms with Crippen LogP contribution in [-0.4, -0.2) is 15.0 Å². The molecule has 0 amide bonds. The summed E-state index contributed by atoms with van der Waals surface area (Å²) in [6.07, 6.45) is 6.62. The van der Waals surface area contributed by atoms with Crippen LogP contribution in [0.5, 0.6) is 0 Å². The Morgan fingerprint density at radius 1 is 0.903 bits per heavy atom. The highest BCUT2D eigenvalue weighted by atomic mass is 15.0. The smallest absolute Gasteiger partial charge is 0.241 e. The highest BCUT2D eigenvalue weighted by Gasteiger charge is 2.21. The Morgan fingerprint density at radius 3 is 2.29 bits per heavy atom. The van der Waals surface area contributed by atoms with E-state index in [1.54, 1.807) is 0 Å². The second-order valence-electron chi connectivity index (χ2n) is 9.79. The fourth-order valence-electron chi connectivity index (χ4n) is 4.18. The van der Waals surface area contributed by atoms with Gasteiger partial charge in [-0.25, -0.2) is 14.5 Å². The van der Waals surface area contributed by atoms with Gasteiger partial charge >= 0.3 is 0 Å². The molecule has 0 spiro atoms. The quantitative estimate of drug-likeness (QED) is 0.406. The van der Waals surface area contributed by atoms with Gasteiger partial charge in [0, 0.05) is 35.5 Å². The molecule has 2 aromatic carbocycles. The van der Waals surface area contributed by atoms with Gasteiger partial charge in [-0.05, 0) is 60.5 Å². The van der Waals surface area contributed by atoms with E-state index in [1.165, 1.54) is 27.9 Å². The van der Waals surface area contributed by atoms with Crippen molar-refractivity contribution in [2.75, 3.05) is 0 Å². The van der Waals surface area contributed by atoms with E-state index in [-0.39, 0.29) is 5.41 Å². The number of aromatic nitrogens is 4. The molecular weight excluding hydrogens is 380 g/mol. The second-order valence-corrected chi connectivity index (χ2v) is 9.79. The molecule has 0 N–H and O–H groups in total. The zero-order valence-corrected chi connectivity index (χ0v) is 19.6. The van der Waals surface area contributed by atoms with Crippen LogP contribution in [0.25, 0.3) is 33.3 Å². The largest absolute Gasteiger partial charge is 0.287 e. The summed E-state index contributed by atoms with van der Waals surface area (Å²) >= 11 is 0. The molecule has 0 saturated carbocycles. The van der Waals surface area contributed by atoms with E-state index < -0.39 is 0 Å². The molecule has 0 atom stereocenters. The van der Waals surface area contributed by atoms with Gasteiger partial charge in [-0.3, -0.25) is 0 Å². The first kappa shape index (κ1) is 21.1. The third-order valence-corrected chi connectivity index (χ3v) is 5.78. The molecule has 0 unspecified atom stereocenters. The van der Waals surface area contributed by atoms with Crippen molar-refractivity contribution in [2.45, 2.75) is 48.0 Å². The number of aryl methyl sites for hydroxylation is 3. The SMILES string of the molecule is Cc1cc(C)c(C)c(-c2c3cccc(-c4cnc(CC(C)(C)C)nc4)c3nc[n+]2C)c1. The molecule has 2 aromatic heterocycles. The van der Waals surface area contributed by atoms with Gasteiger partial charge in [0.15, 0.2) is 5.52 Å². The van der Waals surface area contributed by atoms with Crippen LogP contribution < -0.4 is 4.57 Å². The van der Waals surface area contributed by atoms with E-state index in [1.807, 2.05) is 18.7 Å². The Labute approximate surface area is 185 Å². The van der Waals surface area contributed by atoms with Crippen LogP contribution in [0.15, 0.2) is 49.1 Å². The standard InChI is InChI=1S/C27H31N4/c1-17-11-18(2)19(3)23(12-17)26-22-10-8-9-21(25(22)30-16-31(26)7)20-14-28-24(29-15-20)13-27(4,5)6/h8-12,14-16H,13H2,1-7H3/q+1. The highest BCUT2D eigenvalue weighted by molar-refractivity contribution is 5.99. The Bertz CT molecular complexity index is 1270. The fourth-order valence-corrected chi connectivity index (χ4v) is 4.18. The van der Waals surface area contributed by atoms with Crippen molar-refractivity contribution in [3.05, 3.63) is 71.6 Å². The normalized spacial score (nSPS) is 11.8. The Kier molecular flexibility index (Phi) is 5.34. The summed E-state index contributed by atoms with van der Waals surface area (Å²) in [7, 11) is 2.07. The fraction of sp³-hybridized carbons (Fsp3) is 0.333. The summed E-state index contributed by atoms with van der Waals surface area (Å²) in [5, 5.41) is 1.13. The minimum absolute atomic E-state index is 0.163. The van der Waals surface area contributed by atoms with Crippen molar-refractivity contribution in [2.24, 2.45) is 12.5 Å². The summed E-state index contributed by atoms with van der Waals surface area (Å²) in [5.74, 6) is 0.877. The Balaban J connectivity index is 1.89. The second kappa shape index (κ2) is 7.84. The van der Waals surface area contributed by atoms with Crippen LogP contribution in [0, 0.1) is 26.2 Å². The molecule has 0 aliphatic heterocycles. The average Bonchev–Trinajstić information content (AvgIpc) is 2.70. The summed E-state index contributed by atoms with van der Waals surface area (Å²) in [5.41, 5.74) is 9.49. The van der Waals surface area contributed by atoms with Crippen LogP contribution in [0.1, 0.15) is 43.3 Å². The van der Waals surface area contributed by atoms with Crippen LogP contribution in [-0.2, 0) is 13.5 Å². The lowest BCUT2D eigenvalue weighted by molar-refractivity contribution is -0.662. The molecule has 4 heteroatoms. The molecule has 158 valence electrons. The minimum Gasteiger partial charge on any atom is -0.241 e. The lowest BCUT2D eigenvalue weighted by Gasteiger charge is -2.16. The van der Waals surface area contributed by atoms with Gasteiger partial charge in [0.2, 0.25) is 0 Å². The molecular formula is C27H31N4+. The van der Waals surface area contributed by atoms with Crippen molar-refractivity contribution in [1.29, 1.82) is 0 Å². The number of rotatable bonds is 3. The zero-order chi connectivity index (χ0) is 22.3. The summed E-state index contributed by atoms with van der Waals surface area (Å²) in [4.78, 5) is 14.1. The summed E-state index contributed by atoms with van der Waals surface area (Å²) in [6.45, 7) is 13.1. The summed E-state index contributed by atoms with van der Waals surface area (Å²) in [6, 6.07) is 10.9. The predicted molar refractivity (Wildman–Crippen MR) is 127 cm³/mol. The molecule has 2 heterocycles. The van der Waals surface area contributed by atoms with Gasteiger partial charge in [-0.15, -0.1) is 0 Å². The van der Waals surface area contributed by atoms with Gasteiger partial charge < -0.3 is 0 Å². The third kappa shape index (κ3) is 4.20. The molecule has 0 aliphatic rings. The van der Waals surface area contributed by atoms with Crippen LogP contribution >= 0.6 is 0 Å². The first-order chi connectivity index (χ1) is 14.6. The molecule has 0 aliphatic carbocycles. The molecule has 0 saturated heterocycles. The first-order valence-electron chi connectivity index (χ1n) is 10.8. The van der Waals surface area contributed by atoms with Crippen molar-refractivity contribution >= 4 is 10.9 Å². The highest BCUT2D eigenvalue weighted by Crippen LogP contribution is 2.33. The van der Waals surface area contributed by atoms with E-state index in [9.17, 15) is 0 Å². The maximum Gasteiger partial charge on any atom is 0.287 e. The Hall–Kier alpha value is -3.14. The lowest BCUT2D eigenvalue weighted by Crippen LogP contribution is -2.32. The maximum absolute atomic E-state index is 4.81. The summed E-state index contributed by atoms with van der Waals surface area (Å²) < 4.78 is 2.12. The molecule has 4 rings (SSSR count). The Morgan fingerprint density at radius 2 is 1.61 bits per heavy atom. The van der Waals surface area contributed by atoms with Gasteiger partial charge in [-0.1, -0.05) is 38.5 Å². The van der Waals surface area contributed by atoms with Gasteiger partial charge in [0.1, 0.15) is 11.5 Å². The number of para-hydroxylation sites is 1. The molecule has 4 aromatic rings. The van der Waals surface area contributed by atoms with E-state index in [4.69, 9.17) is 4.98 Å². The van der Waals surface area contributed by atoms with Gasteiger partial charge in [0.05, 0.1) is 12.4 Å². The first-order valence-corrected chi connectivity index (χ1v) is 10.8. The number of hydrogen-bond donors (Lipinski definition) is 0. The van der Waals surface area contributed by atoms with E-state index in [0.717, 1.165) is 34.3 Å². The predicted octanol–water partition coefficient (Wildman–Crippen LogP) is 5.70. The number of fused-ring (bicyclic) bond motifs is 1. The van der Waals surface area contributed by atoms with E-state index in [2.05, 4.69) is 93.5 Å². The number of nitrogens with zero attached hydrogens (tertiary/aromatic N) is 4. The van der Waals surface area contributed by atoms with E-state index >= 15 is 0 Å². The van der Waals surface area contributed by atoms with Crippen LogP contribution in [0.3, 0.4) is 0 Å². The van der Waals surface area contributed by atoms with Crippen molar-refractivity contribution < 1.29 is 4.57 Å². The topological polar surface area (TPSA) is 42.6 Å². The molecule has 31 heavy (non-hydrogen) atoms. The number of hydrogen-bond acceptors (Lipinski definition) is 3. The van der Waals surface area contributed by atoms with Crippen molar-refractivity contribution in [3.63, 3.8) is 0 Å². The van der Waals surface area contributed by atoms with Gasteiger partial charge in [0.25, 0.3) is 6.33 Å². The lowest BCUT2D eigenvalue weighted by atomic mass is 9.92. The average molecular weight is 412 g/mol. The molecule has 0 fully saturated rings. The molecule has 0 radical (unpaired) electrons. The maximum atomic E-state index is 4.81. The van der Waals surface area contributed by atoms with Crippen molar-refractivity contribution in [3.8, 4) is 22.4 Å². The van der Waals surface area contributed by atoms with Crippen LogP contribution in [0.4, 0.5) is 0 Å². The van der Waals surface area contributed by atoms with E-state index in [0.29, 0.717) is 0 Å². The van der Waals surface area contributed by atoms with Crippen molar-refractivity contribution in [1.82, 2.24) is 15.0 Å². The molecule has 4 nitrogen and oxygen atoms in total. The van der Waals surface area contributed by atoms with Gasteiger partial charge in [-0.2, -0.15) is 0 Å². The monoisotopic (exact) mass is 411 g/mol. The van der Waals surface area contributed by atoms with Crippen LogP contribution in [0.2, 0.25) is 0 Å². The molecule has 0 bridgehead atoms. The third-order valence-electron chi connectivity index (χ3n) is 5.78. The number of benzene rings is 2.